The number of aliphatic carboxylic acids is 1. The fraction of sp³-hybridized carbons (Fsp3) is 0.333. The quantitative estimate of drug-likeness (QED) is 0.409. The maximum absolute atomic E-state index is 12.1. The normalized spacial score (nSPS) is 12.8. The van der Waals surface area contributed by atoms with Crippen LogP contribution >= 0.6 is 0 Å². The van der Waals surface area contributed by atoms with Crippen molar-refractivity contribution in [1.29, 1.82) is 0 Å². The van der Waals surface area contributed by atoms with Gasteiger partial charge in [0.25, 0.3) is 5.91 Å². The van der Waals surface area contributed by atoms with Crippen molar-refractivity contribution < 1.29 is 33.8 Å². The highest BCUT2D eigenvalue weighted by Gasteiger charge is 2.28. The number of nitrogens with one attached hydrogen (secondary N) is 1. The molecule has 2 aromatic rings. The second kappa shape index (κ2) is 10.4. The SMILES string of the molecule is CC(C)[C@H](N)C(=O)OC(=O)C[C@H](NC(=O)COc1cccc2ccccc12)C(=O)O. The standard InChI is InChI=1S/C21H24N2O7/c1-12(2)19(22)21(28)30-18(25)10-15(20(26)27)23-17(24)11-29-16-9-5-7-13-6-3-4-8-14(13)16/h3-9,12,15,19H,10-11,22H2,1-2H3,(H,23,24)(H,26,27)/t15-,19-/m0/s1. The number of carbonyl (C=O) groups excluding carboxylic acids is 3. The largest absolute Gasteiger partial charge is 0.483 e. The molecule has 0 aliphatic heterocycles. The average Bonchev–Trinajstić information content (AvgIpc) is 2.70. The van der Waals surface area contributed by atoms with Crippen LogP contribution in [0.15, 0.2) is 42.5 Å². The molecule has 0 aromatic heterocycles. The molecular weight excluding hydrogens is 392 g/mol. The maximum Gasteiger partial charge on any atom is 0.330 e. The molecular formula is C21H24N2O7. The summed E-state index contributed by atoms with van der Waals surface area (Å²) in [7, 11) is 0. The Kier molecular flexibility index (Phi) is 7.88. The Morgan fingerprint density at radius 3 is 2.40 bits per heavy atom. The minimum Gasteiger partial charge on any atom is -0.483 e. The monoisotopic (exact) mass is 416 g/mol. The Morgan fingerprint density at radius 2 is 1.73 bits per heavy atom. The zero-order valence-corrected chi connectivity index (χ0v) is 16.7. The van der Waals surface area contributed by atoms with Gasteiger partial charge < -0.3 is 25.6 Å². The van der Waals surface area contributed by atoms with E-state index >= 15 is 0 Å². The van der Waals surface area contributed by atoms with Crippen molar-refractivity contribution in [2.45, 2.75) is 32.4 Å². The van der Waals surface area contributed by atoms with E-state index in [1.165, 1.54) is 0 Å². The Hall–Kier alpha value is -3.46. The highest BCUT2D eigenvalue weighted by atomic mass is 16.6. The van der Waals surface area contributed by atoms with Gasteiger partial charge in [0.15, 0.2) is 6.61 Å². The second-order valence-corrected chi connectivity index (χ2v) is 6.99. The number of amides is 1. The molecule has 0 bridgehead atoms. The predicted molar refractivity (Wildman–Crippen MR) is 108 cm³/mol. The van der Waals surface area contributed by atoms with Crippen LogP contribution in [0.3, 0.4) is 0 Å². The maximum atomic E-state index is 12.1. The highest BCUT2D eigenvalue weighted by molar-refractivity contribution is 5.93. The molecule has 2 rings (SSSR count). The van der Waals surface area contributed by atoms with Crippen molar-refractivity contribution in [1.82, 2.24) is 5.32 Å². The molecule has 0 heterocycles. The molecule has 9 nitrogen and oxygen atoms in total. The number of nitrogens with two attached hydrogens (primary N) is 1. The van der Waals surface area contributed by atoms with Crippen LogP contribution in [0.2, 0.25) is 0 Å². The smallest absolute Gasteiger partial charge is 0.330 e. The minimum atomic E-state index is -1.58. The number of carbonyl (C=O) groups is 4. The molecule has 0 unspecified atom stereocenters. The molecule has 0 saturated heterocycles. The van der Waals surface area contributed by atoms with E-state index in [-0.39, 0.29) is 5.92 Å². The lowest BCUT2D eigenvalue weighted by atomic mass is 10.1. The molecule has 1 amide bonds. The molecule has 2 aromatic carbocycles. The molecule has 160 valence electrons. The summed E-state index contributed by atoms with van der Waals surface area (Å²) in [6.07, 6.45) is -0.730. The van der Waals surface area contributed by atoms with Gasteiger partial charge in [-0.3, -0.25) is 9.59 Å². The van der Waals surface area contributed by atoms with Crippen molar-refractivity contribution in [3.63, 3.8) is 0 Å². The molecule has 0 saturated carbocycles. The molecule has 0 aliphatic rings. The fourth-order valence-corrected chi connectivity index (χ4v) is 2.56. The molecule has 0 aliphatic carbocycles. The first-order valence-corrected chi connectivity index (χ1v) is 9.32. The number of hydrogen-bond donors (Lipinski definition) is 3. The van der Waals surface area contributed by atoms with E-state index in [9.17, 15) is 24.3 Å². The van der Waals surface area contributed by atoms with Crippen LogP contribution < -0.4 is 15.8 Å². The predicted octanol–water partition coefficient (Wildman–Crippen LogP) is 1.23. The Balaban J connectivity index is 1.93. The lowest BCUT2D eigenvalue weighted by Crippen LogP contribution is -2.45. The van der Waals surface area contributed by atoms with Gasteiger partial charge in [-0.15, -0.1) is 0 Å². The van der Waals surface area contributed by atoms with E-state index < -0.39 is 48.9 Å². The van der Waals surface area contributed by atoms with Gasteiger partial charge in [0.05, 0.1) is 6.42 Å². The van der Waals surface area contributed by atoms with Gasteiger partial charge in [0.1, 0.15) is 17.8 Å². The number of ether oxygens (including phenoxy) is 2. The Bertz CT molecular complexity index is 937. The molecule has 4 N–H and O–H groups in total. The van der Waals surface area contributed by atoms with Gasteiger partial charge in [0.2, 0.25) is 0 Å². The van der Waals surface area contributed by atoms with Gasteiger partial charge in [0, 0.05) is 5.39 Å². The number of benzene rings is 2. The van der Waals surface area contributed by atoms with Gasteiger partial charge in [-0.05, 0) is 17.4 Å². The van der Waals surface area contributed by atoms with Crippen LogP contribution in [0.25, 0.3) is 10.8 Å². The Morgan fingerprint density at radius 1 is 1.07 bits per heavy atom. The van der Waals surface area contributed by atoms with Crippen LogP contribution in [-0.2, 0) is 23.9 Å². The molecule has 2 atom stereocenters. The summed E-state index contributed by atoms with van der Waals surface area (Å²) in [4.78, 5) is 47.1. The topological polar surface area (TPSA) is 145 Å². The summed E-state index contributed by atoms with van der Waals surface area (Å²) >= 11 is 0. The summed E-state index contributed by atoms with van der Waals surface area (Å²) < 4.78 is 10.1. The third kappa shape index (κ3) is 6.28. The highest BCUT2D eigenvalue weighted by Crippen LogP contribution is 2.24. The number of fused-ring (bicyclic) bond motifs is 1. The van der Waals surface area contributed by atoms with Gasteiger partial charge in [-0.2, -0.15) is 0 Å². The number of hydrogen-bond acceptors (Lipinski definition) is 7. The van der Waals surface area contributed by atoms with Gasteiger partial charge in [-0.1, -0.05) is 50.2 Å². The third-order valence-corrected chi connectivity index (χ3v) is 4.32. The molecule has 0 radical (unpaired) electrons. The zero-order valence-electron chi connectivity index (χ0n) is 16.7. The molecule has 0 spiro atoms. The summed E-state index contributed by atoms with van der Waals surface area (Å²) in [5.74, 6) is -4.04. The van der Waals surface area contributed by atoms with E-state index in [0.717, 1.165) is 10.8 Å². The molecule has 30 heavy (non-hydrogen) atoms. The average molecular weight is 416 g/mol. The van der Waals surface area contributed by atoms with Crippen LogP contribution in [0.1, 0.15) is 20.3 Å². The number of carboxylic acid groups (broad SMARTS) is 1. The number of rotatable bonds is 9. The summed E-state index contributed by atoms with van der Waals surface area (Å²) in [5, 5.41) is 13.2. The van der Waals surface area contributed by atoms with Crippen molar-refractivity contribution in [3.05, 3.63) is 42.5 Å². The van der Waals surface area contributed by atoms with Crippen molar-refractivity contribution in [2.24, 2.45) is 11.7 Å². The summed E-state index contributed by atoms with van der Waals surface area (Å²) in [5.41, 5.74) is 5.58. The van der Waals surface area contributed by atoms with E-state index in [4.69, 9.17) is 10.5 Å². The summed E-state index contributed by atoms with van der Waals surface area (Å²) in [6.45, 7) is 2.89. The summed E-state index contributed by atoms with van der Waals surface area (Å²) in [6, 6.07) is 10.2. The number of carboxylic acids is 1. The zero-order chi connectivity index (χ0) is 22.3. The van der Waals surface area contributed by atoms with E-state index in [2.05, 4.69) is 10.1 Å². The third-order valence-electron chi connectivity index (χ3n) is 4.32. The van der Waals surface area contributed by atoms with Crippen LogP contribution in [0.5, 0.6) is 5.75 Å². The number of esters is 2. The van der Waals surface area contributed by atoms with Crippen molar-refractivity contribution in [2.75, 3.05) is 6.61 Å². The van der Waals surface area contributed by atoms with Gasteiger partial charge >= 0.3 is 17.9 Å². The van der Waals surface area contributed by atoms with Crippen LogP contribution in [-0.4, -0.2) is 47.6 Å². The fourth-order valence-electron chi connectivity index (χ4n) is 2.56. The van der Waals surface area contributed by atoms with Gasteiger partial charge in [-0.25, -0.2) is 9.59 Å². The first-order chi connectivity index (χ1) is 14.2. The lowest BCUT2D eigenvalue weighted by Gasteiger charge is -2.16. The van der Waals surface area contributed by atoms with Crippen molar-refractivity contribution >= 4 is 34.6 Å². The first kappa shape index (κ1) is 22.8. The van der Waals surface area contributed by atoms with Crippen molar-refractivity contribution in [3.8, 4) is 5.75 Å². The molecule has 9 heteroatoms. The minimum absolute atomic E-state index is 0.258. The first-order valence-electron chi connectivity index (χ1n) is 9.32. The Labute approximate surface area is 173 Å². The van der Waals surface area contributed by atoms with Crippen LogP contribution in [0, 0.1) is 5.92 Å². The van der Waals surface area contributed by atoms with E-state index in [0.29, 0.717) is 5.75 Å². The van der Waals surface area contributed by atoms with E-state index in [1.807, 2.05) is 30.3 Å². The lowest BCUT2D eigenvalue weighted by molar-refractivity contribution is -0.163. The second-order valence-electron chi connectivity index (χ2n) is 6.99. The van der Waals surface area contributed by atoms with E-state index in [1.54, 1.807) is 26.0 Å². The molecule has 0 fully saturated rings. The van der Waals surface area contributed by atoms with Crippen LogP contribution in [0.4, 0.5) is 0 Å².